The van der Waals surface area contributed by atoms with Crippen LogP contribution < -0.4 is 0 Å². The molecule has 0 aromatic rings. The van der Waals surface area contributed by atoms with Gasteiger partial charge in [0.2, 0.25) is 0 Å². The molecule has 0 radical (unpaired) electrons. The van der Waals surface area contributed by atoms with Gasteiger partial charge in [-0.15, -0.1) is 0 Å². The van der Waals surface area contributed by atoms with Crippen LogP contribution in [0.5, 0.6) is 0 Å². The summed E-state index contributed by atoms with van der Waals surface area (Å²) in [4.78, 5) is 0. The van der Waals surface area contributed by atoms with Crippen LogP contribution in [0.25, 0.3) is 0 Å². The van der Waals surface area contributed by atoms with Crippen LogP contribution >= 0.6 is 0 Å². The zero-order chi connectivity index (χ0) is 14.0. The highest BCUT2D eigenvalue weighted by atomic mass is 28.5. The Hall–Kier alpha value is 0.571. The van der Waals surface area contributed by atoms with E-state index in [4.69, 9.17) is 8.23 Å². The summed E-state index contributed by atoms with van der Waals surface area (Å²) in [6.45, 7) is 13.6. The van der Waals surface area contributed by atoms with Gasteiger partial charge in [-0.25, -0.2) is 0 Å². The van der Waals surface area contributed by atoms with Crippen molar-refractivity contribution in [3.8, 4) is 0 Å². The van der Waals surface area contributed by atoms with Gasteiger partial charge in [-0.3, -0.25) is 0 Å². The SMILES string of the molecule is CCCCCCCC[Si](C)(O[SiH](C)C)O[SiH](C)C. The third-order valence-electron chi connectivity index (χ3n) is 2.95. The normalized spacial score (nSPS) is 12.7. The molecule has 0 unspecified atom stereocenters. The summed E-state index contributed by atoms with van der Waals surface area (Å²) in [6.07, 6.45) is 8.16. The molecular weight excluding hydrogens is 272 g/mol. The molecule has 18 heavy (non-hydrogen) atoms. The smallest absolute Gasteiger partial charge is 0.313 e. The topological polar surface area (TPSA) is 18.5 Å². The van der Waals surface area contributed by atoms with Crippen molar-refractivity contribution in [2.24, 2.45) is 0 Å². The lowest BCUT2D eigenvalue weighted by Crippen LogP contribution is -2.45. The average molecular weight is 307 g/mol. The van der Waals surface area contributed by atoms with Gasteiger partial charge in [-0.05, 0) is 38.8 Å². The molecule has 0 atom stereocenters. The van der Waals surface area contributed by atoms with Crippen LogP contribution in [0, 0.1) is 0 Å². The summed E-state index contributed by atoms with van der Waals surface area (Å²) < 4.78 is 12.5. The fourth-order valence-electron chi connectivity index (χ4n) is 2.37. The second kappa shape index (κ2) is 10.4. The first-order valence-corrected chi connectivity index (χ1v) is 15.8. The van der Waals surface area contributed by atoms with Gasteiger partial charge >= 0.3 is 8.56 Å². The molecule has 5 heteroatoms. The minimum Gasteiger partial charge on any atom is -0.439 e. The number of rotatable bonds is 11. The van der Waals surface area contributed by atoms with E-state index in [1.54, 1.807) is 0 Å². The van der Waals surface area contributed by atoms with Crippen LogP contribution in [-0.2, 0) is 8.23 Å². The molecule has 0 spiro atoms. The third-order valence-corrected chi connectivity index (χ3v) is 12.0. The maximum absolute atomic E-state index is 6.27. The lowest BCUT2D eigenvalue weighted by atomic mass is 10.1. The van der Waals surface area contributed by atoms with Crippen molar-refractivity contribution in [3.05, 3.63) is 0 Å². The van der Waals surface area contributed by atoms with Gasteiger partial charge in [-0.2, -0.15) is 0 Å². The zero-order valence-corrected chi connectivity index (χ0v) is 16.7. The molecule has 0 saturated heterocycles. The molecule has 0 aromatic carbocycles. The quantitative estimate of drug-likeness (QED) is 0.415. The van der Waals surface area contributed by atoms with E-state index in [-0.39, 0.29) is 0 Å². The van der Waals surface area contributed by atoms with Gasteiger partial charge < -0.3 is 8.23 Å². The van der Waals surface area contributed by atoms with Crippen molar-refractivity contribution in [2.45, 2.75) is 84.2 Å². The second-order valence-electron chi connectivity index (χ2n) is 5.98. The highest BCUT2D eigenvalue weighted by molar-refractivity contribution is 6.79. The van der Waals surface area contributed by atoms with Gasteiger partial charge in [0.25, 0.3) is 0 Å². The Kier molecular flexibility index (Phi) is 10.7. The van der Waals surface area contributed by atoms with Gasteiger partial charge in [0.05, 0.1) is 0 Å². The van der Waals surface area contributed by atoms with Crippen molar-refractivity contribution in [2.75, 3.05) is 0 Å². The highest BCUT2D eigenvalue weighted by Gasteiger charge is 2.32. The molecule has 0 aliphatic heterocycles. The van der Waals surface area contributed by atoms with Crippen molar-refractivity contribution in [3.63, 3.8) is 0 Å². The molecule has 0 saturated carbocycles. The Bertz CT molecular complexity index is 189. The van der Waals surface area contributed by atoms with Gasteiger partial charge in [0.1, 0.15) is 0 Å². The Labute approximate surface area is 119 Å². The van der Waals surface area contributed by atoms with E-state index >= 15 is 0 Å². The van der Waals surface area contributed by atoms with E-state index in [9.17, 15) is 0 Å². The van der Waals surface area contributed by atoms with E-state index in [2.05, 4.69) is 39.7 Å². The van der Waals surface area contributed by atoms with Crippen LogP contribution in [0.4, 0.5) is 0 Å². The fourth-order valence-corrected chi connectivity index (χ4v) is 12.9. The van der Waals surface area contributed by atoms with Crippen LogP contribution in [0.1, 0.15) is 45.4 Å². The first kappa shape index (κ1) is 18.6. The first-order valence-electron chi connectivity index (χ1n) is 7.75. The minimum absolute atomic E-state index is 0.965. The molecule has 0 bridgehead atoms. The van der Waals surface area contributed by atoms with Crippen molar-refractivity contribution < 1.29 is 8.23 Å². The summed E-state index contributed by atoms with van der Waals surface area (Å²) in [5.74, 6) is 0. The molecule has 0 aromatic heterocycles. The Balaban J connectivity index is 3.93. The molecule has 0 aliphatic carbocycles. The van der Waals surface area contributed by atoms with E-state index in [0.717, 1.165) is 0 Å². The van der Waals surface area contributed by atoms with Crippen molar-refractivity contribution in [1.82, 2.24) is 0 Å². The van der Waals surface area contributed by atoms with Gasteiger partial charge in [0.15, 0.2) is 18.1 Å². The number of hydrogen-bond donors (Lipinski definition) is 0. The highest BCUT2D eigenvalue weighted by Crippen LogP contribution is 2.20. The monoisotopic (exact) mass is 306 g/mol. The van der Waals surface area contributed by atoms with Crippen molar-refractivity contribution >= 4 is 26.6 Å². The maximum atomic E-state index is 6.27. The van der Waals surface area contributed by atoms with E-state index in [1.807, 2.05) is 0 Å². The van der Waals surface area contributed by atoms with Crippen LogP contribution in [-0.4, -0.2) is 26.6 Å². The minimum atomic E-state index is -1.82. The third kappa shape index (κ3) is 10.5. The Morgan fingerprint density at radius 1 is 0.778 bits per heavy atom. The largest absolute Gasteiger partial charge is 0.439 e. The van der Waals surface area contributed by atoms with Gasteiger partial charge in [0, 0.05) is 0 Å². The first-order chi connectivity index (χ1) is 8.39. The Morgan fingerprint density at radius 2 is 1.22 bits per heavy atom. The summed E-state index contributed by atoms with van der Waals surface area (Å²) in [6, 6.07) is 1.20. The van der Waals surface area contributed by atoms with Gasteiger partial charge in [-0.1, -0.05) is 45.4 Å². The molecule has 2 nitrogen and oxygen atoms in total. The molecule has 110 valence electrons. The number of hydrogen-bond acceptors (Lipinski definition) is 2. The van der Waals surface area contributed by atoms with E-state index < -0.39 is 26.6 Å². The van der Waals surface area contributed by atoms with Crippen LogP contribution in [0.2, 0.25) is 38.8 Å². The molecule has 0 heterocycles. The molecule has 0 N–H and O–H groups in total. The van der Waals surface area contributed by atoms with Crippen LogP contribution in [0.3, 0.4) is 0 Å². The second-order valence-corrected chi connectivity index (χ2v) is 14.8. The summed E-state index contributed by atoms with van der Waals surface area (Å²) in [5.41, 5.74) is 0. The predicted octanol–water partition coefficient (Wildman–Crippen LogP) is 4.42. The molecular formula is C13H34O2Si3. The van der Waals surface area contributed by atoms with E-state index in [0.29, 0.717) is 0 Å². The Morgan fingerprint density at radius 3 is 1.67 bits per heavy atom. The van der Waals surface area contributed by atoms with Crippen LogP contribution in [0.15, 0.2) is 0 Å². The lowest BCUT2D eigenvalue weighted by molar-refractivity contribution is 0.398. The average Bonchev–Trinajstić information content (AvgIpc) is 2.20. The predicted molar refractivity (Wildman–Crippen MR) is 89.7 cm³/mol. The molecule has 0 rings (SSSR count). The lowest BCUT2D eigenvalue weighted by Gasteiger charge is -2.31. The summed E-state index contributed by atoms with van der Waals surface area (Å²) in [5, 5.41) is 0. The molecule has 0 fully saturated rings. The summed E-state index contributed by atoms with van der Waals surface area (Å²) in [7, 11) is -3.75. The fraction of sp³-hybridized carbons (Fsp3) is 1.00. The van der Waals surface area contributed by atoms with Crippen molar-refractivity contribution in [1.29, 1.82) is 0 Å². The van der Waals surface area contributed by atoms with E-state index in [1.165, 1.54) is 44.6 Å². The number of unbranched alkanes of at least 4 members (excludes halogenated alkanes) is 5. The summed E-state index contributed by atoms with van der Waals surface area (Å²) >= 11 is 0. The standard InChI is InChI=1S/C13H34O2Si3/c1-7-8-9-10-11-12-13-18(6,14-16(2)3)15-17(4)5/h16-17H,7-13H2,1-6H3. The zero-order valence-electron chi connectivity index (χ0n) is 13.4. The molecule has 0 aliphatic rings. The molecule has 0 amide bonds. The maximum Gasteiger partial charge on any atom is 0.313 e.